The third-order valence-corrected chi connectivity index (χ3v) is 1.58. The van der Waals surface area contributed by atoms with E-state index < -0.39 is 11.9 Å². The lowest BCUT2D eigenvalue weighted by Crippen LogP contribution is -2.21. The van der Waals surface area contributed by atoms with Gasteiger partial charge in [-0.15, -0.1) is 0 Å². The predicted octanol–water partition coefficient (Wildman–Crippen LogP) is 0.472. The summed E-state index contributed by atoms with van der Waals surface area (Å²) in [5.41, 5.74) is 0. The fourth-order valence-electron chi connectivity index (χ4n) is 0.944. The molecule has 0 atom stereocenters. The molecule has 0 bridgehead atoms. The van der Waals surface area contributed by atoms with Gasteiger partial charge in [-0.3, -0.25) is 0 Å². The van der Waals surface area contributed by atoms with Gasteiger partial charge in [0.1, 0.15) is 0 Å². The number of carboxylic acids is 2. The number of hydrogen-bond donors (Lipinski definition) is 3. The van der Waals surface area contributed by atoms with Gasteiger partial charge in [0, 0.05) is 12.2 Å². The van der Waals surface area contributed by atoms with E-state index in [2.05, 4.69) is 5.32 Å². The van der Waals surface area contributed by atoms with Crippen LogP contribution in [0.1, 0.15) is 19.3 Å². The molecular weight excluding hydrogens is 186 g/mol. The van der Waals surface area contributed by atoms with Crippen LogP contribution in [0.15, 0.2) is 12.2 Å². The van der Waals surface area contributed by atoms with Crippen molar-refractivity contribution in [2.75, 3.05) is 13.1 Å². The van der Waals surface area contributed by atoms with Crippen molar-refractivity contribution < 1.29 is 19.8 Å². The van der Waals surface area contributed by atoms with Crippen LogP contribution in [-0.4, -0.2) is 35.2 Å². The van der Waals surface area contributed by atoms with Crippen LogP contribution in [0.2, 0.25) is 0 Å². The summed E-state index contributed by atoms with van der Waals surface area (Å²) in [6.07, 6.45) is 5.33. The Morgan fingerprint density at radius 2 is 1.36 bits per heavy atom. The van der Waals surface area contributed by atoms with Crippen LogP contribution >= 0.6 is 0 Å². The summed E-state index contributed by atoms with van der Waals surface area (Å²) in [4.78, 5) is 19.1. The van der Waals surface area contributed by atoms with Crippen molar-refractivity contribution in [2.24, 2.45) is 0 Å². The highest BCUT2D eigenvalue weighted by molar-refractivity contribution is 5.89. The number of rotatable bonds is 2. The summed E-state index contributed by atoms with van der Waals surface area (Å²) < 4.78 is 0. The average molecular weight is 201 g/mol. The molecule has 1 heterocycles. The van der Waals surface area contributed by atoms with E-state index in [4.69, 9.17) is 10.2 Å². The van der Waals surface area contributed by atoms with Gasteiger partial charge in [0.05, 0.1) is 0 Å². The first-order valence-electron chi connectivity index (χ1n) is 4.47. The largest absolute Gasteiger partial charge is 0.478 e. The van der Waals surface area contributed by atoms with Crippen LogP contribution in [0.5, 0.6) is 0 Å². The first-order valence-corrected chi connectivity index (χ1v) is 4.47. The monoisotopic (exact) mass is 201 g/mol. The molecule has 0 aliphatic carbocycles. The molecule has 0 unspecified atom stereocenters. The zero-order valence-electron chi connectivity index (χ0n) is 7.90. The zero-order chi connectivity index (χ0) is 10.8. The second kappa shape index (κ2) is 8.25. The number of piperidine rings is 1. The van der Waals surface area contributed by atoms with E-state index in [1.807, 2.05) is 0 Å². The third-order valence-electron chi connectivity index (χ3n) is 1.58. The fourth-order valence-corrected chi connectivity index (χ4v) is 0.944. The van der Waals surface area contributed by atoms with E-state index in [1.165, 1.54) is 32.4 Å². The van der Waals surface area contributed by atoms with Crippen molar-refractivity contribution in [1.29, 1.82) is 0 Å². The quantitative estimate of drug-likeness (QED) is 0.565. The lowest BCUT2D eigenvalue weighted by molar-refractivity contribution is -0.134. The third kappa shape index (κ3) is 10.6. The minimum atomic E-state index is -1.26. The molecule has 5 nitrogen and oxygen atoms in total. The first-order chi connectivity index (χ1) is 6.63. The molecule has 1 rings (SSSR count). The molecule has 1 fully saturated rings. The van der Waals surface area contributed by atoms with Gasteiger partial charge in [0.2, 0.25) is 0 Å². The molecule has 1 aliphatic heterocycles. The van der Waals surface area contributed by atoms with Gasteiger partial charge in [-0.05, 0) is 25.9 Å². The molecule has 3 N–H and O–H groups in total. The molecule has 0 aromatic rings. The number of aliphatic carboxylic acids is 2. The molecule has 0 saturated carbocycles. The maximum Gasteiger partial charge on any atom is 0.328 e. The van der Waals surface area contributed by atoms with Crippen LogP contribution in [-0.2, 0) is 9.59 Å². The minimum Gasteiger partial charge on any atom is -0.478 e. The Morgan fingerprint density at radius 1 is 0.929 bits per heavy atom. The Hall–Kier alpha value is -1.36. The van der Waals surface area contributed by atoms with Gasteiger partial charge in [-0.1, -0.05) is 6.42 Å². The Morgan fingerprint density at radius 3 is 1.50 bits per heavy atom. The van der Waals surface area contributed by atoms with E-state index in [0.29, 0.717) is 12.2 Å². The molecule has 0 spiro atoms. The summed E-state index contributed by atoms with van der Waals surface area (Å²) in [7, 11) is 0. The van der Waals surface area contributed by atoms with Gasteiger partial charge in [0.15, 0.2) is 0 Å². The van der Waals surface area contributed by atoms with E-state index in [0.717, 1.165) is 0 Å². The maximum atomic E-state index is 9.55. The summed E-state index contributed by atoms with van der Waals surface area (Å²) in [6, 6.07) is 0. The SMILES string of the molecule is C1CCNCC1.O=C(O)/C=C/C(=O)O. The number of carbonyl (C=O) groups is 2. The topological polar surface area (TPSA) is 86.6 Å². The van der Waals surface area contributed by atoms with Crippen LogP contribution in [0.25, 0.3) is 0 Å². The number of nitrogens with one attached hydrogen (secondary N) is 1. The maximum absolute atomic E-state index is 9.55. The average Bonchev–Trinajstić information content (AvgIpc) is 2.18. The molecular formula is C9H15NO4. The Kier molecular flexibility index (Phi) is 7.45. The van der Waals surface area contributed by atoms with Crippen LogP contribution < -0.4 is 5.32 Å². The Labute approximate surface area is 82.4 Å². The molecule has 1 saturated heterocycles. The summed E-state index contributed by atoms with van der Waals surface area (Å²) in [6.45, 7) is 2.50. The Bertz CT molecular complexity index is 181. The second-order valence-electron chi connectivity index (χ2n) is 2.82. The highest BCUT2D eigenvalue weighted by atomic mass is 16.4. The van der Waals surface area contributed by atoms with Gasteiger partial charge in [-0.25, -0.2) is 9.59 Å². The van der Waals surface area contributed by atoms with E-state index in [9.17, 15) is 9.59 Å². The summed E-state index contributed by atoms with van der Waals surface area (Å²) in [5, 5.41) is 18.9. The molecule has 80 valence electrons. The van der Waals surface area contributed by atoms with E-state index >= 15 is 0 Å². The summed E-state index contributed by atoms with van der Waals surface area (Å²) in [5.74, 6) is -2.51. The van der Waals surface area contributed by atoms with Crippen molar-refractivity contribution >= 4 is 11.9 Å². The molecule has 5 heteroatoms. The zero-order valence-corrected chi connectivity index (χ0v) is 7.90. The lowest BCUT2D eigenvalue weighted by atomic mass is 10.2. The van der Waals surface area contributed by atoms with Crippen molar-refractivity contribution in [3.05, 3.63) is 12.2 Å². The standard InChI is InChI=1S/C5H11N.C4H4O4/c1-2-4-6-5-3-1;5-3(6)1-2-4(7)8/h6H,1-5H2;1-2H,(H,5,6)(H,7,8)/b;2-1+. The van der Waals surface area contributed by atoms with Gasteiger partial charge in [0.25, 0.3) is 0 Å². The van der Waals surface area contributed by atoms with Crippen LogP contribution in [0.4, 0.5) is 0 Å². The fraction of sp³-hybridized carbons (Fsp3) is 0.556. The Balaban J connectivity index is 0.000000249. The second-order valence-corrected chi connectivity index (χ2v) is 2.82. The molecule has 1 aliphatic rings. The lowest BCUT2D eigenvalue weighted by Gasteiger charge is -2.08. The van der Waals surface area contributed by atoms with E-state index in [-0.39, 0.29) is 0 Å². The van der Waals surface area contributed by atoms with Gasteiger partial charge >= 0.3 is 11.9 Å². The smallest absolute Gasteiger partial charge is 0.328 e. The van der Waals surface area contributed by atoms with Crippen LogP contribution in [0.3, 0.4) is 0 Å². The predicted molar refractivity (Wildman–Crippen MR) is 51.1 cm³/mol. The highest BCUT2D eigenvalue weighted by Gasteiger charge is 1.93. The minimum absolute atomic E-state index is 0.558. The van der Waals surface area contributed by atoms with Crippen molar-refractivity contribution in [2.45, 2.75) is 19.3 Å². The molecule has 0 amide bonds. The normalized spacial score (nSPS) is 15.7. The van der Waals surface area contributed by atoms with Gasteiger partial charge in [-0.2, -0.15) is 0 Å². The van der Waals surface area contributed by atoms with Gasteiger partial charge < -0.3 is 15.5 Å². The number of carboxylic acid groups (broad SMARTS) is 2. The molecule has 0 aromatic carbocycles. The molecule has 0 radical (unpaired) electrons. The first kappa shape index (κ1) is 12.6. The van der Waals surface area contributed by atoms with E-state index in [1.54, 1.807) is 0 Å². The van der Waals surface area contributed by atoms with Crippen molar-refractivity contribution in [3.8, 4) is 0 Å². The number of hydrogen-bond acceptors (Lipinski definition) is 3. The van der Waals surface area contributed by atoms with Crippen molar-refractivity contribution in [3.63, 3.8) is 0 Å². The summed E-state index contributed by atoms with van der Waals surface area (Å²) >= 11 is 0. The molecule has 0 aromatic heterocycles. The highest BCUT2D eigenvalue weighted by Crippen LogP contribution is 1.96. The molecule has 14 heavy (non-hydrogen) atoms. The van der Waals surface area contributed by atoms with Crippen molar-refractivity contribution in [1.82, 2.24) is 5.32 Å². The van der Waals surface area contributed by atoms with Crippen LogP contribution in [0, 0.1) is 0 Å².